The van der Waals surface area contributed by atoms with Gasteiger partial charge in [0, 0.05) is 23.8 Å². The maximum absolute atomic E-state index is 13.1. The smallest absolute Gasteiger partial charge is 0.242 e. The van der Waals surface area contributed by atoms with Crippen molar-refractivity contribution in [3.8, 4) is 0 Å². The van der Waals surface area contributed by atoms with Gasteiger partial charge in [-0.1, -0.05) is 41.9 Å². The van der Waals surface area contributed by atoms with Crippen molar-refractivity contribution >= 4 is 29.1 Å². The molecule has 134 valence electrons. The van der Waals surface area contributed by atoms with Gasteiger partial charge in [0.15, 0.2) is 0 Å². The molecule has 0 radical (unpaired) electrons. The van der Waals surface area contributed by atoms with E-state index in [1.54, 1.807) is 4.90 Å². The molecule has 2 aromatic rings. The van der Waals surface area contributed by atoms with E-state index in [0.717, 1.165) is 17.7 Å². The third-order valence-corrected chi connectivity index (χ3v) is 5.55. The van der Waals surface area contributed by atoms with Gasteiger partial charge in [-0.05, 0) is 55.0 Å². The lowest BCUT2D eigenvalue weighted by atomic mass is 10.0. The van der Waals surface area contributed by atoms with E-state index < -0.39 is 5.41 Å². The van der Waals surface area contributed by atoms with Gasteiger partial charge >= 0.3 is 0 Å². The standard InChI is InChI=1S/C21H21ClN2O2/c22-17-6-3-4-15(14-17)8-12-23-19(25)21(10-11-21)20(26)24-13-9-16-5-1-2-7-18(16)24/h1-7,14H,8-13H2,(H,23,25). The summed E-state index contributed by atoms with van der Waals surface area (Å²) in [7, 11) is 0. The molecule has 1 heterocycles. The highest BCUT2D eigenvalue weighted by atomic mass is 35.5. The number of hydrogen-bond acceptors (Lipinski definition) is 2. The van der Waals surface area contributed by atoms with Crippen molar-refractivity contribution in [3.05, 3.63) is 64.7 Å². The number of benzene rings is 2. The van der Waals surface area contributed by atoms with Crippen LogP contribution in [0.15, 0.2) is 48.5 Å². The molecule has 1 fully saturated rings. The normalized spacial score (nSPS) is 16.9. The summed E-state index contributed by atoms with van der Waals surface area (Å²) in [5.74, 6) is -0.198. The molecule has 1 aliphatic heterocycles. The first-order chi connectivity index (χ1) is 12.6. The molecule has 0 atom stereocenters. The molecular weight excluding hydrogens is 348 g/mol. The lowest BCUT2D eigenvalue weighted by Gasteiger charge is -2.23. The SMILES string of the molecule is O=C(NCCc1cccc(Cl)c1)C1(C(=O)N2CCc3ccccc32)CC1. The van der Waals surface area contributed by atoms with Gasteiger partial charge in [-0.15, -0.1) is 0 Å². The number of fused-ring (bicyclic) bond motifs is 1. The van der Waals surface area contributed by atoms with Gasteiger partial charge in [-0.3, -0.25) is 9.59 Å². The summed E-state index contributed by atoms with van der Waals surface area (Å²) in [5, 5.41) is 3.64. The Hall–Kier alpha value is -2.33. The average Bonchev–Trinajstić information content (AvgIpc) is 3.35. The van der Waals surface area contributed by atoms with Crippen LogP contribution in [0.4, 0.5) is 5.69 Å². The van der Waals surface area contributed by atoms with E-state index in [2.05, 4.69) is 5.32 Å². The molecule has 0 saturated heterocycles. The van der Waals surface area contributed by atoms with Gasteiger partial charge in [0.2, 0.25) is 11.8 Å². The number of carbonyl (C=O) groups is 2. The average molecular weight is 369 g/mol. The number of halogens is 1. The molecule has 2 aromatic carbocycles. The molecular formula is C21H21ClN2O2. The van der Waals surface area contributed by atoms with Crippen molar-refractivity contribution in [1.29, 1.82) is 0 Å². The van der Waals surface area contributed by atoms with Crippen LogP contribution in [0, 0.1) is 5.41 Å². The van der Waals surface area contributed by atoms with Crippen LogP contribution in [-0.2, 0) is 22.4 Å². The first-order valence-electron chi connectivity index (χ1n) is 9.03. The van der Waals surface area contributed by atoms with Gasteiger partial charge in [-0.25, -0.2) is 0 Å². The third kappa shape index (κ3) is 3.10. The molecule has 1 saturated carbocycles. The van der Waals surface area contributed by atoms with E-state index in [1.165, 1.54) is 5.56 Å². The van der Waals surface area contributed by atoms with Crippen LogP contribution in [0.5, 0.6) is 0 Å². The first-order valence-corrected chi connectivity index (χ1v) is 9.41. The Balaban J connectivity index is 1.39. The number of rotatable bonds is 5. The summed E-state index contributed by atoms with van der Waals surface area (Å²) in [4.78, 5) is 27.6. The fraction of sp³-hybridized carbons (Fsp3) is 0.333. The Morgan fingerprint density at radius 2 is 1.92 bits per heavy atom. The van der Waals surface area contributed by atoms with Crippen LogP contribution < -0.4 is 10.2 Å². The minimum Gasteiger partial charge on any atom is -0.355 e. The highest BCUT2D eigenvalue weighted by Gasteiger charge is 2.58. The van der Waals surface area contributed by atoms with Crippen molar-refractivity contribution in [2.45, 2.75) is 25.7 Å². The van der Waals surface area contributed by atoms with Crippen LogP contribution >= 0.6 is 11.6 Å². The number of nitrogens with zero attached hydrogens (tertiary/aromatic N) is 1. The fourth-order valence-corrected chi connectivity index (χ4v) is 3.87. The summed E-state index contributed by atoms with van der Waals surface area (Å²) in [6.07, 6.45) is 2.82. The predicted octanol–water partition coefficient (Wildman–Crippen LogP) is 3.37. The zero-order valence-electron chi connectivity index (χ0n) is 14.5. The summed E-state index contributed by atoms with van der Waals surface area (Å²) in [5.41, 5.74) is 2.34. The molecule has 4 nitrogen and oxygen atoms in total. The molecule has 0 spiro atoms. The summed E-state index contributed by atoms with van der Waals surface area (Å²) in [6, 6.07) is 15.5. The van der Waals surface area contributed by atoms with E-state index in [9.17, 15) is 9.59 Å². The first kappa shape index (κ1) is 17.1. The molecule has 2 aliphatic rings. The molecule has 5 heteroatoms. The zero-order valence-corrected chi connectivity index (χ0v) is 15.3. The number of hydrogen-bond donors (Lipinski definition) is 1. The monoisotopic (exact) mass is 368 g/mol. The Morgan fingerprint density at radius 3 is 2.69 bits per heavy atom. The van der Waals surface area contributed by atoms with E-state index in [-0.39, 0.29) is 11.8 Å². The maximum atomic E-state index is 13.1. The van der Waals surface area contributed by atoms with E-state index in [4.69, 9.17) is 11.6 Å². The molecule has 2 amide bonds. The van der Waals surface area contributed by atoms with Crippen LogP contribution in [0.25, 0.3) is 0 Å². The van der Waals surface area contributed by atoms with Gasteiger partial charge in [0.1, 0.15) is 5.41 Å². The minimum atomic E-state index is -0.869. The molecule has 0 aromatic heterocycles. The highest BCUT2D eigenvalue weighted by molar-refractivity contribution is 6.30. The second kappa shape index (κ2) is 6.76. The topological polar surface area (TPSA) is 49.4 Å². The van der Waals surface area contributed by atoms with Crippen molar-refractivity contribution in [2.75, 3.05) is 18.0 Å². The molecule has 0 unspecified atom stereocenters. The third-order valence-electron chi connectivity index (χ3n) is 5.31. The zero-order chi connectivity index (χ0) is 18.1. The lowest BCUT2D eigenvalue weighted by Crippen LogP contribution is -2.45. The quantitative estimate of drug-likeness (QED) is 0.822. The van der Waals surface area contributed by atoms with E-state index in [0.29, 0.717) is 37.4 Å². The molecule has 1 N–H and O–H groups in total. The van der Waals surface area contributed by atoms with E-state index in [1.807, 2.05) is 48.5 Å². The number of nitrogens with one attached hydrogen (secondary N) is 1. The summed E-state index contributed by atoms with van der Waals surface area (Å²) < 4.78 is 0. The van der Waals surface area contributed by atoms with Crippen LogP contribution in [-0.4, -0.2) is 24.9 Å². The highest BCUT2D eigenvalue weighted by Crippen LogP contribution is 2.49. The predicted molar refractivity (Wildman–Crippen MR) is 102 cm³/mol. The van der Waals surface area contributed by atoms with Crippen LogP contribution in [0.2, 0.25) is 5.02 Å². The van der Waals surface area contributed by atoms with Gasteiger partial charge in [0.25, 0.3) is 0 Å². The Labute approximate surface area is 158 Å². The maximum Gasteiger partial charge on any atom is 0.242 e. The lowest BCUT2D eigenvalue weighted by molar-refractivity contribution is -0.135. The van der Waals surface area contributed by atoms with Gasteiger partial charge < -0.3 is 10.2 Å². The second-order valence-corrected chi connectivity index (χ2v) is 7.49. The summed E-state index contributed by atoms with van der Waals surface area (Å²) >= 11 is 5.99. The number of anilines is 1. The van der Waals surface area contributed by atoms with Crippen LogP contribution in [0.1, 0.15) is 24.0 Å². The Kier molecular flexibility index (Phi) is 4.45. The Morgan fingerprint density at radius 1 is 1.12 bits per heavy atom. The number of amides is 2. The summed E-state index contributed by atoms with van der Waals surface area (Å²) in [6.45, 7) is 1.17. The van der Waals surface area contributed by atoms with Crippen LogP contribution in [0.3, 0.4) is 0 Å². The number of para-hydroxylation sites is 1. The molecule has 1 aliphatic carbocycles. The second-order valence-electron chi connectivity index (χ2n) is 7.05. The van der Waals surface area contributed by atoms with E-state index >= 15 is 0 Å². The van der Waals surface area contributed by atoms with Gasteiger partial charge in [0.05, 0.1) is 0 Å². The Bertz CT molecular complexity index is 861. The molecule has 26 heavy (non-hydrogen) atoms. The van der Waals surface area contributed by atoms with Crippen molar-refractivity contribution < 1.29 is 9.59 Å². The molecule has 4 rings (SSSR count). The van der Waals surface area contributed by atoms with Crippen molar-refractivity contribution in [2.24, 2.45) is 5.41 Å². The largest absolute Gasteiger partial charge is 0.355 e. The minimum absolute atomic E-state index is 0.0531. The molecule has 0 bridgehead atoms. The van der Waals surface area contributed by atoms with Crippen molar-refractivity contribution in [1.82, 2.24) is 5.32 Å². The van der Waals surface area contributed by atoms with Crippen molar-refractivity contribution in [3.63, 3.8) is 0 Å². The number of carbonyl (C=O) groups excluding carboxylic acids is 2. The fourth-order valence-electron chi connectivity index (χ4n) is 3.65. The van der Waals surface area contributed by atoms with Gasteiger partial charge in [-0.2, -0.15) is 0 Å².